The first-order chi connectivity index (χ1) is 12.5. The molecular formula is C19H18F3NO4. The van der Waals surface area contributed by atoms with Crippen LogP contribution in [0.5, 0.6) is 0 Å². The van der Waals surface area contributed by atoms with E-state index in [1.807, 2.05) is 0 Å². The fraction of sp³-hybridized carbons (Fsp3) is 0.368. The van der Waals surface area contributed by atoms with Crippen molar-refractivity contribution in [2.24, 2.45) is 0 Å². The number of carboxylic acid groups (broad SMARTS) is 2. The molecule has 144 valence electrons. The lowest BCUT2D eigenvalue weighted by Crippen LogP contribution is -2.35. The van der Waals surface area contributed by atoms with E-state index in [4.69, 9.17) is 0 Å². The predicted octanol–water partition coefficient (Wildman–Crippen LogP) is 3.98. The Hall–Kier alpha value is -2.77. The minimum atomic E-state index is -4.53. The molecule has 1 aromatic rings. The van der Waals surface area contributed by atoms with Crippen LogP contribution in [-0.2, 0) is 15.8 Å². The number of allylic oxidation sites excluding steroid dienone is 2. The van der Waals surface area contributed by atoms with E-state index in [9.17, 15) is 33.0 Å². The van der Waals surface area contributed by atoms with Crippen molar-refractivity contribution in [1.82, 2.24) is 4.90 Å². The summed E-state index contributed by atoms with van der Waals surface area (Å²) in [5.74, 6) is -3.71. The van der Waals surface area contributed by atoms with Gasteiger partial charge in [-0.15, -0.1) is 0 Å². The van der Waals surface area contributed by atoms with Crippen LogP contribution in [-0.4, -0.2) is 33.1 Å². The van der Waals surface area contributed by atoms with Gasteiger partial charge in [-0.05, 0) is 44.4 Å². The van der Waals surface area contributed by atoms with E-state index in [0.29, 0.717) is 11.4 Å². The van der Waals surface area contributed by atoms with E-state index in [2.05, 4.69) is 0 Å². The third kappa shape index (κ3) is 3.31. The molecule has 1 aromatic carbocycles. The molecule has 0 spiro atoms. The van der Waals surface area contributed by atoms with Crippen molar-refractivity contribution in [2.75, 3.05) is 0 Å². The molecule has 1 saturated carbocycles. The Labute approximate surface area is 153 Å². The molecule has 2 N–H and O–H groups in total. The average molecular weight is 381 g/mol. The van der Waals surface area contributed by atoms with Crippen LogP contribution in [0.15, 0.2) is 46.8 Å². The maximum atomic E-state index is 12.8. The van der Waals surface area contributed by atoms with Gasteiger partial charge < -0.3 is 15.1 Å². The van der Waals surface area contributed by atoms with Crippen molar-refractivity contribution in [1.29, 1.82) is 0 Å². The molecule has 8 heteroatoms. The lowest BCUT2D eigenvalue weighted by Gasteiger charge is -2.37. The van der Waals surface area contributed by atoms with Crippen molar-refractivity contribution in [2.45, 2.75) is 44.8 Å². The van der Waals surface area contributed by atoms with Crippen LogP contribution >= 0.6 is 0 Å². The Bertz CT molecular complexity index is 826. The standard InChI is InChI=1S/C19H18F3NO4/c1-9-14(17(24)25)16(11-3-5-12(6-4-11)19(20,21)22)15(18(26)27)10(2)23(9)13-7-8-13/h3-6,13,16H,7-8H2,1-2H3,(H,24,25)(H,26,27). The zero-order valence-corrected chi connectivity index (χ0v) is 14.7. The summed E-state index contributed by atoms with van der Waals surface area (Å²) in [4.78, 5) is 25.6. The molecular weight excluding hydrogens is 363 g/mol. The van der Waals surface area contributed by atoms with Crippen molar-refractivity contribution >= 4 is 11.9 Å². The summed E-state index contributed by atoms with van der Waals surface area (Å²) in [5, 5.41) is 19.5. The van der Waals surface area contributed by atoms with Crippen molar-refractivity contribution in [3.63, 3.8) is 0 Å². The first-order valence-corrected chi connectivity index (χ1v) is 8.38. The number of nitrogens with zero attached hydrogens (tertiary/aromatic N) is 1. The van der Waals surface area contributed by atoms with E-state index < -0.39 is 29.6 Å². The van der Waals surface area contributed by atoms with Crippen LogP contribution < -0.4 is 0 Å². The van der Waals surface area contributed by atoms with Crippen LogP contribution in [0.4, 0.5) is 13.2 Å². The second-order valence-corrected chi connectivity index (χ2v) is 6.76. The highest BCUT2D eigenvalue weighted by Crippen LogP contribution is 2.46. The summed E-state index contributed by atoms with van der Waals surface area (Å²) in [6.45, 7) is 3.22. The maximum absolute atomic E-state index is 12.8. The summed E-state index contributed by atoms with van der Waals surface area (Å²) < 4.78 is 38.5. The van der Waals surface area contributed by atoms with Gasteiger partial charge in [0.25, 0.3) is 0 Å². The molecule has 0 atom stereocenters. The van der Waals surface area contributed by atoms with Crippen LogP contribution in [0, 0.1) is 0 Å². The monoisotopic (exact) mass is 381 g/mol. The fourth-order valence-corrected chi connectivity index (χ4v) is 3.71. The largest absolute Gasteiger partial charge is 0.478 e. The summed E-state index contributed by atoms with van der Waals surface area (Å²) in [6.07, 6.45) is -2.87. The number of hydrogen-bond acceptors (Lipinski definition) is 3. The molecule has 0 radical (unpaired) electrons. The van der Waals surface area contributed by atoms with Gasteiger partial charge in [0.2, 0.25) is 0 Å². The number of alkyl halides is 3. The normalized spacial score (nSPS) is 18.9. The quantitative estimate of drug-likeness (QED) is 0.825. The zero-order valence-electron chi connectivity index (χ0n) is 14.7. The van der Waals surface area contributed by atoms with Gasteiger partial charge in [-0.25, -0.2) is 9.59 Å². The summed E-state index contributed by atoms with van der Waals surface area (Å²) in [6, 6.07) is 4.03. The van der Waals surface area contributed by atoms with Gasteiger partial charge in [0.15, 0.2) is 0 Å². The van der Waals surface area contributed by atoms with Crippen molar-refractivity contribution in [3.8, 4) is 0 Å². The SMILES string of the molecule is CC1=C(C(=O)O)C(c2ccc(C(F)(F)F)cc2)C(C(=O)O)=C(C)N1C1CC1. The predicted molar refractivity (Wildman–Crippen MR) is 89.7 cm³/mol. The minimum absolute atomic E-state index is 0.0576. The highest BCUT2D eigenvalue weighted by molar-refractivity contribution is 5.98. The van der Waals surface area contributed by atoms with E-state index >= 15 is 0 Å². The molecule has 0 bridgehead atoms. The van der Waals surface area contributed by atoms with Crippen LogP contribution in [0.2, 0.25) is 0 Å². The molecule has 1 aliphatic carbocycles. The number of aliphatic carboxylic acids is 2. The van der Waals surface area contributed by atoms with Gasteiger partial charge in [-0.3, -0.25) is 0 Å². The number of rotatable bonds is 4. The molecule has 3 rings (SSSR count). The summed E-state index contributed by atoms with van der Waals surface area (Å²) in [7, 11) is 0. The summed E-state index contributed by atoms with van der Waals surface area (Å²) in [5.41, 5.74) is -0.0621. The number of carbonyl (C=O) groups is 2. The minimum Gasteiger partial charge on any atom is -0.478 e. The second kappa shape index (κ2) is 6.44. The van der Waals surface area contributed by atoms with Crippen molar-refractivity contribution < 1.29 is 33.0 Å². The van der Waals surface area contributed by atoms with E-state index in [1.54, 1.807) is 18.7 Å². The van der Waals surface area contributed by atoms with E-state index in [0.717, 1.165) is 37.1 Å². The average Bonchev–Trinajstić information content (AvgIpc) is 3.37. The third-order valence-electron chi connectivity index (χ3n) is 5.02. The Kier molecular flexibility index (Phi) is 4.53. The topological polar surface area (TPSA) is 77.8 Å². The maximum Gasteiger partial charge on any atom is 0.416 e. The third-order valence-corrected chi connectivity index (χ3v) is 5.02. The lowest BCUT2D eigenvalue weighted by molar-refractivity contribution is -0.138. The lowest BCUT2D eigenvalue weighted by atomic mass is 9.79. The van der Waals surface area contributed by atoms with Gasteiger partial charge in [-0.2, -0.15) is 13.2 Å². The molecule has 1 aliphatic heterocycles. The van der Waals surface area contributed by atoms with Gasteiger partial charge in [-0.1, -0.05) is 12.1 Å². The van der Waals surface area contributed by atoms with Gasteiger partial charge >= 0.3 is 18.1 Å². The molecule has 1 heterocycles. The van der Waals surface area contributed by atoms with E-state index in [-0.39, 0.29) is 22.8 Å². The van der Waals surface area contributed by atoms with Crippen molar-refractivity contribution in [3.05, 3.63) is 57.9 Å². The smallest absolute Gasteiger partial charge is 0.416 e. The van der Waals surface area contributed by atoms with E-state index in [1.165, 1.54) is 0 Å². The highest BCUT2D eigenvalue weighted by Gasteiger charge is 2.43. The molecule has 0 saturated heterocycles. The fourth-order valence-electron chi connectivity index (χ4n) is 3.71. The second-order valence-electron chi connectivity index (χ2n) is 6.76. The Balaban J connectivity index is 2.18. The Morgan fingerprint density at radius 2 is 1.41 bits per heavy atom. The van der Waals surface area contributed by atoms with Crippen LogP contribution in [0.3, 0.4) is 0 Å². The number of carboxylic acids is 2. The number of benzene rings is 1. The Morgan fingerprint density at radius 1 is 0.963 bits per heavy atom. The molecule has 0 unspecified atom stereocenters. The number of hydrogen-bond donors (Lipinski definition) is 2. The van der Waals surface area contributed by atoms with Crippen LogP contribution in [0.25, 0.3) is 0 Å². The first-order valence-electron chi connectivity index (χ1n) is 8.38. The first kappa shape index (κ1) is 19.0. The molecule has 2 aliphatic rings. The molecule has 5 nitrogen and oxygen atoms in total. The Morgan fingerprint density at radius 3 is 1.74 bits per heavy atom. The van der Waals surface area contributed by atoms with Gasteiger partial charge in [0, 0.05) is 17.4 Å². The zero-order chi connectivity index (χ0) is 20.1. The molecule has 1 fully saturated rings. The molecule has 0 aromatic heterocycles. The molecule has 27 heavy (non-hydrogen) atoms. The van der Waals surface area contributed by atoms with Gasteiger partial charge in [0.1, 0.15) is 0 Å². The highest BCUT2D eigenvalue weighted by atomic mass is 19.4. The van der Waals surface area contributed by atoms with Crippen LogP contribution in [0.1, 0.15) is 43.7 Å². The summed E-state index contributed by atoms with van der Waals surface area (Å²) >= 11 is 0. The molecule has 0 amide bonds. The van der Waals surface area contributed by atoms with Gasteiger partial charge in [0.05, 0.1) is 22.6 Å². The number of halogens is 3.